The predicted octanol–water partition coefficient (Wildman–Crippen LogP) is 2.63. The highest BCUT2D eigenvalue weighted by Crippen LogP contribution is 2.11. The number of benzene rings is 2. The van der Waals surface area contributed by atoms with Crippen molar-refractivity contribution < 1.29 is 19.1 Å². The highest BCUT2D eigenvalue weighted by molar-refractivity contribution is 5.93. The number of methoxy groups -OCH3 is 1. The van der Waals surface area contributed by atoms with Crippen LogP contribution in [-0.2, 0) is 4.74 Å². The number of anilines is 1. The first-order chi connectivity index (χ1) is 10.7. The zero-order chi connectivity index (χ0) is 15.8. The van der Waals surface area contributed by atoms with E-state index in [0.717, 1.165) is 0 Å². The van der Waals surface area contributed by atoms with E-state index in [9.17, 15) is 9.59 Å². The molecule has 0 aliphatic carbocycles. The number of rotatable bonds is 5. The van der Waals surface area contributed by atoms with Gasteiger partial charge < -0.3 is 20.1 Å². The number of carbonyl (C=O) groups is 2. The maximum Gasteiger partial charge on any atom is 0.337 e. The molecule has 0 unspecified atom stereocenters. The molecule has 0 atom stereocenters. The van der Waals surface area contributed by atoms with Gasteiger partial charge in [0.1, 0.15) is 5.75 Å². The number of ether oxygens (including phenoxy) is 2. The first-order valence-electron chi connectivity index (χ1n) is 6.60. The Morgan fingerprint density at radius 3 is 2.55 bits per heavy atom. The number of carbonyl (C=O) groups excluding carboxylic acids is 2. The third-order valence-electron chi connectivity index (χ3n) is 2.76. The van der Waals surface area contributed by atoms with E-state index in [2.05, 4.69) is 15.4 Å². The minimum absolute atomic E-state index is 0.0343. The van der Waals surface area contributed by atoms with Gasteiger partial charge in [-0.15, -0.1) is 0 Å². The van der Waals surface area contributed by atoms with Gasteiger partial charge in [0, 0.05) is 5.69 Å². The van der Waals surface area contributed by atoms with E-state index < -0.39 is 12.0 Å². The average Bonchev–Trinajstić information content (AvgIpc) is 2.55. The monoisotopic (exact) mass is 300 g/mol. The lowest BCUT2D eigenvalue weighted by atomic mass is 10.2. The van der Waals surface area contributed by atoms with Crippen LogP contribution < -0.4 is 15.4 Å². The van der Waals surface area contributed by atoms with Crippen LogP contribution in [0.15, 0.2) is 54.6 Å². The normalized spacial score (nSPS) is 9.68. The summed E-state index contributed by atoms with van der Waals surface area (Å²) < 4.78 is 9.97. The van der Waals surface area contributed by atoms with Gasteiger partial charge in [-0.3, -0.25) is 0 Å². The molecule has 2 amide bonds. The zero-order valence-electron chi connectivity index (χ0n) is 12.0. The Morgan fingerprint density at radius 2 is 1.82 bits per heavy atom. The van der Waals surface area contributed by atoms with Crippen LogP contribution in [0.1, 0.15) is 10.4 Å². The second kappa shape index (κ2) is 7.68. The van der Waals surface area contributed by atoms with Gasteiger partial charge in [0.05, 0.1) is 12.7 Å². The number of urea groups is 1. The molecule has 0 radical (unpaired) electrons. The smallest absolute Gasteiger partial charge is 0.337 e. The summed E-state index contributed by atoms with van der Waals surface area (Å²) in [5.41, 5.74) is 0.848. The van der Waals surface area contributed by atoms with E-state index in [-0.39, 0.29) is 6.73 Å². The van der Waals surface area contributed by atoms with E-state index in [1.54, 1.807) is 30.3 Å². The fourth-order valence-corrected chi connectivity index (χ4v) is 1.72. The number of hydrogen-bond donors (Lipinski definition) is 2. The molecule has 2 rings (SSSR count). The molecule has 0 heterocycles. The number of nitrogens with one attached hydrogen (secondary N) is 2. The van der Waals surface area contributed by atoms with Crippen LogP contribution in [0.2, 0.25) is 0 Å². The summed E-state index contributed by atoms with van der Waals surface area (Å²) in [4.78, 5) is 23.1. The summed E-state index contributed by atoms with van der Waals surface area (Å²) in [6, 6.07) is 15.2. The Kier molecular flexibility index (Phi) is 5.37. The molecule has 22 heavy (non-hydrogen) atoms. The average molecular weight is 300 g/mol. The van der Waals surface area contributed by atoms with Gasteiger partial charge >= 0.3 is 12.0 Å². The molecule has 2 aromatic carbocycles. The van der Waals surface area contributed by atoms with Gasteiger partial charge in [-0.05, 0) is 30.3 Å². The fourth-order valence-electron chi connectivity index (χ4n) is 1.72. The minimum atomic E-state index is -0.462. The lowest BCUT2D eigenvalue weighted by Gasteiger charge is -2.10. The summed E-state index contributed by atoms with van der Waals surface area (Å²) in [5, 5.41) is 5.16. The largest absolute Gasteiger partial charge is 0.473 e. The van der Waals surface area contributed by atoms with Gasteiger partial charge in [-0.25, -0.2) is 9.59 Å². The van der Waals surface area contributed by atoms with Gasteiger partial charge in [0.2, 0.25) is 0 Å². The highest BCUT2D eigenvalue weighted by atomic mass is 16.5. The summed E-state index contributed by atoms with van der Waals surface area (Å²) in [6.07, 6.45) is 0. The third kappa shape index (κ3) is 4.52. The van der Waals surface area contributed by atoms with Crippen molar-refractivity contribution >= 4 is 17.7 Å². The van der Waals surface area contributed by atoms with E-state index in [1.807, 2.05) is 18.2 Å². The van der Waals surface area contributed by atoms with Crippen molar-refractivity contribution in [2.45, 2.75) is 0 Å². The van der Waals surface area contributed by atoms with Crippen LogP contribution in [0.25, 0.3) is 0 Å². The van der Waals surface area contributed by atoms with Crippen LogP contribution >= 0.6 is 0 Å². The lowest BCUT2D eigenvalue weighted by Crippen LogP contribution is -2.32. The molecular weight excluding hydrogens is 284 g/mol. The molecule has 0 aliphatic rings. The fraction of sp³-hybridized carbons (Fsp3) is 0.125. The van der Waals surface area contributed by atoms with Crippen molar-refractivity contribution in [3.05, 3.63) is 60.2 Å². The SMILES string of the molecule is COC(=O)c1cccc(NC(=O)NCOc2ccccc2)c1. The molecule has 0 fully saturated rings. The van der Waals surface area contributed by atoms with Crippen molar-refractivity contribution in [3.8, 4) is 5.75 Å². The van der Waals surface area contributed by atoms with Crippen LogP contribution in [0, 0.1) is 0 Å². The predicted molar refractivity (Wildman–Crippen MR) is 81.9 cm³/mol. The van der Waals surface area contributed by atoms with Gasteiger partial charge in [0.25, 0.3) is 0 Å². The second-order valence-corrected chi connectivity index (χ2v) is 4.31. The first-order valence-corrected chi connectivity index (χ1v) is 6.60. The molecule has 6 nitrogen and oxygen atoms in total. The Balaban J connectivity index is 1.83. The van der Waals surface area contributed by atoms with Gasteiger partial charge in [-0.2, -0.15) is 0 Å². The van der Waals surface area contributed by atoms with Crippen molar-refractivity contribution in [3.63, 3.8) is 0 Å². The van der Waals surface area contributed by atoms with Gasteiger partial charge in [-0.1, -0.05) is 24.3 Å². The number of hydrogen-bond acceptors (Lipinski definition) is 4. The molecule has 0 bridgehead atoms. The molecule has 6 heteroatoms. The molecule has 2 aromatic rings. The molecular formula is C16H16N2O4. The Labute approximate surface area is 128 Å². The summed E-state index contributed by atoms with van der Waals surface area (Å²) in [6.45, 7) is 0.0343. The van der Waals surface area contributed by atoms with Crippen molar-refractivity contribution in [2.75, 3.05) is 19.2 Å². The van der Waals surface area contributed by atoms with Gasteiger partial charge in [0.15, 0.2) is 6.73 Å². The maximum atomic E-state index is 11.7. The molecule has 114 valence electrons. The molecule has 0 aliphatic heterocycles. The molecule has 0 saturated heterocycles. The maximum absolute atomic E-state index is 11.7. The topological polar surface area (TPSA) is 76.7 Å². The van der Waals surface area contributed by atoms with Crippen molar-refractivity contribution in [1.82, 2.24) is 5.32 Å². The Hall–Kier alpha value is -3.02. The van der Waals surface area contributed by atoms with Crippen molar-refractivity contribution in [2.24, 2.45) is 0 Å². The highest BCUT2D eigenvalue weighted by Gasteiger charge is 2.07. The summed E-state index contributed by atoms with van der Waals surface area (Å²) >= 11 is 0. The van der Waals surface area contributed by atoms with E-state index in [4.69, 9.17) is 4.74 Å². The summed E-state index contributed by atoms with van der Waals surface area (Å²) in [5.74, 6) is 0.201. The van der Waals surface area contributed by atoms with Crippen LogP contribution in [-0.4, -0.2) is 25.8 Å². The first kappa shape index (κ1) is 15.4. The van der Waals surface area contributed by atoms with Crippen LogP contribution in [0.5, 0.6) is 5.75 Å². The number of para-hydroxylation sites is 1. The number of amides is 2. The Morgan fingerprint density at radius 1 is 1.05 bits per heavy atom. The quantitative estimate of drug-likeness (QED) is 0.657. The Bertz CT molecular complexity index is 644. The van der Waals surface area contributed by atoms with Crippen LogP contribution in [0.4, 0.5) is 10.5 Å². The molecule has 2 N–H and O–H groups in total. The third-order valence-corrected chi connectivity index (χ3v) is 2.76. The molecule has 0 aromatic heterocycles. The lowest BCUT2D eigenvalue weighted by molar-refractivity contribution is 0.0600. The zero-order valence-corrected chi connectivity index (χ0v) is 12.0. The second-order valence-electron chi connectivity index (χ2n) is 4.31. The van der Waals surface area contributed by atoms with E-state index in [0.29, 0.717) is 17.0 Å². The molecule has 0 spiro atoms. The standard InChI is InChI=1S/C16H16N2O4/c1-21-15(19)12-6-5-7-13(10-12)18-16(20)17-11-22-14-8-3-2-4-9-14/h2-10H,11H2,1H3,(H2,17,18,20). The van der Waals surface area contributed by atoms with Crippen LogP contribution in [0.3, 0.4) is 0 Å². The van der Waals surface area contributed by atoms with E-state index in [1.165, 1.54) is 13.2 Å². The minimum Gasteiger partial charge on any atom is -0.473 e. The summed E-state index contributed by atoms with van der Waals surface area (Å²) in [7, 11) is 1.30. The van der Waals surface area contributed by atoms with Crippen molar-refractivity contribution in [1.29, 1.82) is 0 Å². The number of esters is 1. The molecule has 0 saturated carbocycles. The van der Waals surface area contributed by atoms with E-state index >= 15 is 0 Å².